The topological polar surface area (TPSA) is 54.5 Å². The Kier molecular flexibility index (Phi) is 6.37. The van der Waals surface area contributed by atoms with Gasteiger partial charge in [0.15, 0.2) is 0 Å². The second-order valence-electron chi connectivity index (χ2n) is 4.11. The Morgan fingerprint density at radius 2 is 1.45 bits per heavy atom. The molecule has 2 aromatic carbocycles. The fourth-order valence-corrected chi connectivity index (χ4v) is 2.48. The molecule has 3 rings (SSSR count). The molecule has 0 bridgehead atoms. The highest BCUT2D eigenvalue weighted by molar-refractivity contribution is 9.10. The molecule has 1 aromatic heterocycles. The Morgan fingerprint density at radius 1 is 0.864 bits per heavy atom. The molecule has 0 atom stereocenters. The molecule has 8 heteroatoms. The van der Waals surface area contributed by atoms with Gasteiger partial charge in [0.1, 0.15) is 0 Å². The first-order valence-electron chi connectivity index (χ1n) is 6.08. The van der Waals surface area contributed by atoms with Crippen molar-refractivity contribution in [1.82, 2.24) is 20.6 Å². The van der Waals surface area contributed by atoms with Crippen LogP contribution in [-0.2, 0) is 4.33 Å². The molecule has 0 radical (unpaired) electrons. The van der Waals surface area contributed by atoms with E-state index >= 15 is 0 Å². The summed E-state index contributed by atoms with van der Waals surface area (Å²) in [7, 11) is 0. The number of H-pyrrole nitrogens is 1. The quantitative estimate of drug-likeness (QED) is 0.537. The molecule has 1 N–H and O–H groups in total. The maximum Gasteiger partial charge on any atom is 0.215 e. The van der Waals surface area contributed by atoms with Crippen LogP contribution in [0.2, 0.25) is 0 Å². The van der Waals surface area contributed by atoms with Gasteiger partial charge in [-0.15, -0.1) is 10.2 Å². The molecule has 114 valence electrons. The zero-order valence-electron chi connectivity index (χ0n) is 11.0. The number of alkyl halides is 2. The van der Waals surface area contributed by atoms with E-state index in [1.54, 1.807) is 12.1 Å². The van der Waals surface area contributed by atoms with E-state index in [9.17, 15) is 0 Å². The van der Waals surface area contributed by atoms with E-state index in [0.717, 1.165) is 8.95 Å². The largest absolute Gasteiger partial charge is 0.215 e. The number of nitrogens with one attached hydrogen (secondary N) is 1. The second-order valence-corrected chi connectivity index (χ2v) is 7.27. The van der Waals surface area contributed by atoms with Crippen LogP contribution in [0.4, 0.5) is 0 Å². The summed E-state index contributed by atoms with van der Waals surface area (Å²) in [5.41, 5.74) is 0.690. The Labute approximate surface area is 154 Å². The molecule has 0 aliphatic carbocycles. The Hall–Kier alpha value is -0.950. The van der Waals surface area contributed by atoms with E-state index in [1.807, 2.05) is 42.5 Å². The molecule has 0 saturated heterocycles. The average molecular weight is 465 g/mol. The number of rotatable bonds is 2. The van der Waals surface area contributed by atoms with Crippen LogP contribution >= 0.6 is 55.1 Å². The lowest BCUT2D eigenvalue weighted by Crippen LogP contribution is -2.14. The minimum absolute atomic E-state index is 0.230. The van der Waals surface area contributed by atoms with Gasteiger partial charge >= 0.3 is 0 Å². The number of halogens is 4. The van der Waals surface area contributed by atoms with Gasteiger partial charge in [0.25, 0.3) is 0 Å². The van der Waals surface area contributed by atoms with Crippen molar-refractivity contribution in [3.8, 4) is 0 Å². The minimum atomic E-state index is -1.28. The summed E-state index contributed by atoms with van der Waals surface area (Å²) in [6.45, 7) is 0. The molecule has 0 fully saturated rings. The smallest absolute Gasteiger partial charge is 0.177 e. The number of aromatic nitrogens is 4. The zero-order valence-corrected chi connectivity index (χ0v) is 15.7. The first kappa shape index (κ1) is 17.4. The Morgan fingerprint density at radius 3 is 1.91 bits per heavy atom. The van der Waals surface area contributed by atoms with Crippen molar-refractivity contribution in [1.29, 1.82) is 0 Å². The highest BCUT2D eigenvalue weighted by Gasteiger charge is 2.33. The number of nitrogens with zero attached hydrogens (tertiary/aromatic N) is 3. The summed E-state index contributed by atoms with van der Waals surface area (Å²) in [4.78, 5) is 0. The molecule has 22 heavy (non-hydrogen) atoms. The van der Waals surface area contributed by atoms with E-state index in [0.29, 0.717) is 5.56 Å². The van der Waals surface area contributed by atoms with E-state index in [-0.39, 0.29) is 5.82 Å². The Bertz CT molecular complexity index is 689. The lowest BCUT2D eigenvalue weighted by molar-refractivity contribution is 0.881. The summed E-state index contributed by atoms with van der Waals surface area (Å²) in [6, 6.07) is 17.2. The van der Waals surface area contributed by atoms with Crippen molar-refractivity contribution < 1.29 is 0 Å². The summed E-state index contributed by atoms with van der Waals surface area (Å²) in [5.74, 6) is 0.230. The molecule has 0 unspecified atom stereocenters. The summed E-state index contributed by atoms with van der Waals surface area (Å²) >= 11 is 18.9. The molecular formula is C14H10Br2Cl2N4. The predicted octanol–water partition coefficient (Wildman–Crippen LogP) is 5.09. The van der Waals surface area contributed by atoms with Crippen LogP contribution < -0.4 is 0 Å². The first-order valence-corrected chi connectivity index (χ1v) is 8.42. The molecule has 3 aromatic rings. The molecule has 0 spiro atoms. The van der Waals surface area contributed by atoms with Gasteiger partial charge in [0.2, 0.25) is 10.2 Å². The van der Waals surface area contributed by atoms with Crippen LogP contribution in [0.3, 0.4) is 0 Å². The summed E-state index contributed by atoms with van der Waals surface area (Å²) in [5, 5.41) is 13.3. The number of hydrogen-bond donors (Lipinski definition) is 1. The third-order valence-electron chi connectivity index (χ3n) is 2.57. The van der Waals surface area contributed by atoms with Gasteiger partial charge in [0, 0.05) is 8.95 Å². The fraction of sp³-hybridized carbons (Fsp3) is 0.0714. The van der Waals surface area contributed by atoms with Crippen molar-refractivity contribution in [2.75, 3.05) is 0 Å². The molecule has 4 nitrogen and oxygen atoms in total. The van der Waals surface area contributed by atoms with Crippen LogP contribution in [0, 0.1) is 0 Å². The van der Waals surface area contributed by atoms with Crippen molar-refractivity contribution in [2.45, 2.75) is 4.33 Å². The van der Waals surface area contributed by atoms with E-state index in [1.165, 1.54) is 0 Å². The van der Waals surface area contributed by atoms with Gasteiger partial charge in [-0.25, -0.2) is 0 Å². The number of aromatic amines is 1. The Balaban J connectivity index is 0.000000211. The minimum Gasteiger partial charge on any atom is -0.177 e. The van der Waals surface area contributed by atoms with Crippen molar-refractivity contribution in [3.05, 3.63) is 74.9 Å². The maximum atomic E-state index is 6.15. The van der Waals surface area contributed by atoms with E-state index in [4.69, 9.17) is 23.2 Å². The predicted molar refractivity (Wildman–Crippen MR) is 94.9 cm³/mol. The first-order chi connectivity index (χ1) is 10.5. The maximum absolute atomic E-state index is 6.15. The lowest BCUT2D eigenvalue weighted by atomic mass is 10.1. The third kappa shape index (κ3) is 4.78. The monoisotopic (exact) mass is 462 g/mol. The molecule has 0 saturated carbocycles. The van der Waals surface area contributed by atoms with E-state index in [2.05, 4.69) is 52.5 Å². The van der Waals surface area contributed by atoms with Gasteiger partial charge in [-0.05, 0) is 29.8 Å². The average Bonchev–Trinajstić information content (AvgIpc) is 3.04. The van der Waals surface area contributed by atoms with E-state index < -0.39 is 4.33 Å². The van der Waals surface area contributed by atoms with Crippen LogP contribution in [0.1, 0.15) is 11.4 Å². The number of benzene rings is 2. The number of hydrogen-bond acceptors (Lipinski definition) is 3. The summed E-state index contributed by atoms with van der Waals surface area (Å²) in [6.07, 6.45) is 0. The number of tetrazole rings is 1. The van der Waals surface area contributed by atoms with Crippen LogP contribution in [0.25, 0.3) is 0 Å². The SMILES string of the molecule is Brc1ccccc1.ClC(Cl)(c1ccc(Br)cc1)c1nn[nH]n1. The van der Waals surface area contributed by atoms with Gasteiger partial charge < -0.3 is 0 Å². The van der Waals surface area contributed by atoms with Gasteiger partial charge in [-0.1, -0.05) is 90.6 Å². The van der Waals surface area contributed by atoms with Crippen molar-refractivity contribution in [3.63, 3.8) is 0 Å². The van der Waals surface area contributed by atoms with Crippen molar-refractivity contribution >= 4 is 55.1 Å². The molecule has 0 aliphatic rings. The second kappa shape index (κ2) is 8.06. The van der Waals surface area contributed by atoms with Crippen LogP contribution in [0.5, 0.6) is 0 Å². The fourth-order valence-electron chi connectivity index (χ4n) is 1.50. The molecule has 0 aliphatic heterocycles. The van der Waals surface area contributed by atoms with Gasteiger partial charge in [-0.3, -0.25) is 0 Å². The highest BCUT2D eigenvalue weighted by atomic mass is 79.9. The lowest BCUT2D eigenvalue weighted by Gasteiger charge is -2.15. The standard InChI is InChI=1S/C8H5BrCl2N4.C6H5Br/c9-6-3-1-5(2-4-6)8(10,11)7-12-14-15-13-7;7-6-4-2-1-3-5-6/h1-4H,(H,12,13,14,15);1-5H. The highest BCUT2D eigenvalue weighted by Crippen LogP contribution is 2.38. The zero-order chi connectivity index (χ0) is 16.0. The van der Waals surface area contributed by atoms with Crippen molar-refractivity contribution in [2.24, 2.45) is 0 Å². The summed E-state index contributed by atoms with van der Waals surface area (Å²) < 4.78 is 0.798. The normalized spacial score (nSPS) is 10.7. The van der Waals surface area contributed by atoms with Gasteiger partial charge in [0.05, 0.1) is 0 Å². The van der Waals surface area contributed by atoms with Crippen LogP contribution in [0.15, 0.2) is 63.5 Å². The molecule has 0 amide bonds. The van der Waals surface area contributed by atoms with Crippen LogP contribution in [-0.4, -0.2) is 20.6 Å². The third-order valence-corrected chi connectivity index (χ3v) is 4.40. The molecular weight excluding hydrogens is 455 g/mol. The molecule has 1 heterocycles. The van der Waals surface area contributed by atoms with Gasteiger partial charge in [-0.2, -0.15) is 5.21 Å².